The molecule has 1 N–H and O–H groups in total. The maximum absolute atomic E-state index is 12.4. The van der Waals surface area contributed by atoms with Crippen LogP contribution in [0.15, 0.2) is 21.5 Å². The fourth-order valence-electron chi connectivity index (χ4n) is 2.35. The minimum atomic E-state index is -3.70. The minimum absolute atomic E-state index is 0.0537. The van der Waals surface area contributed by atoms with Gasteiger partial charge in [0.15, 0.2) is 0 Å². The fraction of sp³-hybridized carbons (Fsp3) is 0.538. The molecular weight excluding hydrogens is 399 g/mol. The van der Waals surface area contributed by atoms with Crippen LogP contribution >= 0.6 is 39.1 Å². The molecule has 0 bridgehead atoms. The van der Waals surface area contributed by atoms with Gasteiger partial charge in [0.05, 0.1) is 10.0 Å². The first kappa shape index (κ1) is 17.5. The van der Waals surface area contributed by atoms with Crippen LogP contribution in [0, 0.1) is 5.92 Å². The van der Waals surface area contributed by atoms with E-state index in [4.69, 9.17) is 23.2 Å². The Balaban J connectivity index is 2.09. The summed E-state index contributed by atoms with van der Waals surface area (Å²) in [4.78, 5) is 2.19. The molecule has 1 aromatic carbocycles. The summed E-state index contributed by atoms with van der Waals surface area (Å²) in [7, 11) is -1.63. The summed E-state index contributed by atoms with van der Waals surface area (Å²) in [6.07, 6.45) is 1.97. The Hall–Kier alpha value is 0.150. The lowest BCUT2D eigenvalue weighted by Gasteiger charge is -2.28. The van der Waals surface area contributed by atoms with E-state index in [2.05, 4.69) is 32.6 Å². The summed E-state index contributed by atoms with van der Waals surface area (Å²) >= 11 is 15.3. The molecule has 21 heavy (non-hydrogen) atoms. The van der Waals surface area contributed by atoms with E-state index in [1.807, 2.05) is 0 Å². The van der Waals surface area contributed by atoms with E-state index in [0.717, 1.165) is 25.9 Å². The molecule has 0 unspecified atom stereocenters. The van der Waals surface area contributed by atoms with E-state index < -0.39 is 10.0 Å². The molecule has 0 atom stereocenters. The van der Waals surface area contributed by atoms with Gasteiger partial charge in [-0.15, -0.1) is 0 Å². The van der Waals surface area contributed by atoms with E-state index in [1.165, 1.54) is 12.1 Å². The highest BCUT2D eigenvalue weighted by atomic mass is 79.9. The standard InChI is InChI=1S/C13H17BrCl2N2O2S/c1-18-4-2-9(3-5-18)8-17-21(19,20)13-11(15)6-10(14)7-12(13)16/h6-7,9,17H,2-5,8H2,1H3. The zero-order valence-corrected chi connectivity index (χ0v) is 15.5. The largest absolute Gasteiger partial charge is 0.306 e. The Morgan fingerprint density at radius 2 is 1.81 bits per heavy atom. The van der Waals surface area contributed by atoms with Crippen LogP contribution in [0.4, 0.5) is 0 Å². The maximum atomic E-state index is 12.4. The van der Waals surface area contributed by atoms with E-state index in [-0.39, 0.29) is 14.9 Å². The van der Waals surface area contributed by atoms with Gasteiger partial charge in [0, 0.05) is 11.0 Å². The third-order valence-electron chi connectivity index (χ3n) is 3.63. The Morgan fingerprint density at radius 1 is 1.29 bits per heavy atom. The maximum Gasteiger partial charge on any atom is 0.243 e. The highest BCUT2D eigenvalue weighted by Crippen LogP contribution is 2.32. The molecule has 0 amide bonds. The first-order valence-corrected chi connectivity index (χ1v) is 9.65. The molecule has 0 aromatic heterocycles. The molecule has 1 heterocycles. The van der Waals surface area contributed by atoms with Crippen LogP contribution in [-0.2, 0) is 10.0 Å². The molecule has 0 spiro atoms. The van der Waals surface area contributed by atoms with Gasteiger partial charge in [0.2, 0.25) is 10.0 Å². The number of halogens is 3. The minimum Gasteiger partial charge on any atom is -0.306 e. The zero-order chi connectivity index (χ0) is 15.6. The van der Waals surface area contributed by atoms with Gasteiger partial charge in [-0.1, -0.05) is 39.1 Å². The highest BCUT2D eigenvalue weighted by Gasteiger charge is 2.24. The van der Waals surface area contributed by atoms with Crippen molar-refractivity contribution in [3.63, 3.8) is 0 Å². The number of sulfonamides is 1. The predicted octanol–water partition coefficient (Wildman–Crippen LogP) is 3.38. The van der Waals surface area contributed by atoms with Crippen molar-refractivity contribution in [1.82, 2.24) is 9.62 Å². The predicted molar refractivity (Wildman–Crippen MR) is 89.6 cm³/mol. The van der Waals surface area contributed by atoms with Crippen molar-refractivity contribution in [2.75, 3.05) is 26.7 Å². The third-order valence-corrected chi connectivity index (χ3v) is 6.43. The number of likely N-dealkylation sites (tertiary alicyclic amines) is 1. The van der Waals surface area contributed by atoms with Gasteiger partial charge in [0.25, 0.3) is 0 Å². The van der Waals surface area contributed by atoms with Crippen molar-refractivity contribution in [3.05, 3.63) is 26.7 Å². The molecule has 1 aliphatic heterocycles. The quantitative estimate of drug-likeness (QED) is 0.819. The molecule has 1 aliphatic rings. The first-order valence-electron chi connectivity index (χ1n) is 6.62. The molecule has 1 saturated heterocycles. The van der Waals surface area contributed by atoms with Gasteiger partial charge in [-0.05, 0) is 51.0 Å². The molecule has 118 valence electrons. The number of benzene rings is 1. The molecule has 1 aromatic rings. The smallest absolute Gasteiger partial charge is 0.243 e. The summed E-state index contributed by atoms with van der Waals surface area (Å²) in [5, 5.41) is 0.232. The second-order valence-corrected chi connectivity index (χ2v) is 8.73. The van der Waals surface area contributed by atoms with E-state index in [9.17, 15) is 8.42 Å². The van der Waals surface area contributed by atoms with Crippen LogP contribution in [-0.4, -0.2) is 40.0 Å². The van der Waals surface area contributed by atoms with E-state index in [0.29, 0.717) is 16.9 Å². The lowest BCUT2D eigenvalue weighted by atomic mass is 9.98. The highest BCUT2D eigenvalue weighted by molar-refractivity contribution is 9.10. The van der Waals surface area contributed by atoms with Gasteiger partial charge in [-0.3, -0.25) is 0 Å². The van der Waals surface area contributed by atoms with Gasteiger partial charge in [0.1, 0.15) is 4.90 Å². The molecule has 0 aliphatic carbocycles. The van der Waals surface area contributed by atoms with Crippen molar-refractivity contribution in [2.45, 2.75) is 17.7 Å². The average molecular weight is 416 g/mol. The number of hydrogen-bond acceptors (Lipinski definition) is 3. The SMILES string of the molecule is CN1CCC(CNS(=O)(=O)c2c(Cl)cc(Br)cc2Cl)CC1. The van der Waals surface area contributed by atoms with Crippen LogP contribution in [0.25, 0.3) is 0 Å². The van der Waals surface area contributed by atoms with Gasteiger partial charge >= 0.3 is 0 Å². The van der Waals surface area contributed by atoms with Gasteiger partial charge in [-0.2, -0.15) is 0 Å². The topological polar surface area (TPSA) is 49.4 Å². The summed E-state index contributed by atoms with van der Waals surface area (Å²) in [6.45, 7) is 2.40. The molecule has 4 nitrogen and oxygen atoms in total. The van der Waals surface area contributed by atoms with Crippen molar-refractivity contribution in [2.24, 2.45) is 5.92 Å². The van der Waals surface area contributed by atoms with Gasteiger partial charge in [-0.25, -0.2) is 13.1 Å². The molecule has 2 rings (SSSR count). The monoisotopic (exact) mass is 414 g/mol. The number of hydrogen-bond donors (Lipinski definition) is 1. The molecule has 0 saturated carbocycles. The number of piperidine rings is 1. The van der Waals surface area contributed by atoms with E-state index in [1.54, 1.807) is 0 Å². The third kappa shape index (κ3) is 4.56. The fourth-order valence-corrected chi connectivity index (χ4v) is 5.40. The van der Waals surface area contributed by atoms with Crippen LogP contribution in [0.5, 0.6) is 0 Å². The zero-order valence-electron chi connectivity index (χ0n) is 11.6. The van der Waals surface area contributed by atoms with Crippen molar-refractivity contribution >= 4 is 49.2 Å². The lowest BCUT2D eigenvalue weighted by molar-refractivity contribution is 0.220. The molecular formula is C13H17BrCl2N2O2S. The second-order valence-electron chi connectivity index (χ2n) is 5.30. The van der Waals surface area contributed by atoms with Crippen molar-refractivity contribution in [3.8, 4) is 0 Å². The van der Waals surface area contributed by atoms with Crippen molar-refractivity contribution < 1.29 is 8.42 Å². The number of nitrogens with one attached hydrogen (secondary N) is 1. The molecule has 0 radical (unpaired) electrons. The number of nitrogens with zero attached hydrogens (tertiary/aromatic N) is 1. The van der Waals surface area contributed by atoms with Gasteiger partial charge < -0.3 is 4.90 Å². The molecule has 8 heteroatoms. The normalized spacial score (nSPS) is 18.1. The van der Waals surface area contributed by atoms with Crippen LogP contribution < -0.4 is 4.72 Å². The van der Waals surface area contributed by atoms with Crippen LogP contribution in [0.2, 0.25) is 10.0 Å². The Morgan fingerprint density at radius 3 is 2.33 bits per heavy atom. The summed E-state index contributed by atoms with van der Waals surface area (Å²) in [6, 6.07) is 3.05. The second kappa shape index (κ2) is 7.15. The number of rotatable bonds is 4. The summed E-state index contributed by atoms with van der Waals surface area (Å²) in [5.74, 6) is 0.351. The average Bonchev–Trinajstić information content (AvgIpc) is 2.36. The lowest BCUT2D eigenvalue weighted by Crippen LogP contribution is -2.37. The van der Waals surface area contributed by atoms with Crippen molar-refractivity contribution in [1.29, 1.82) is 0 Å². The summed E-state index contributed by atoms with van der Waals surface area (Å²) in [5.41, 5.74) is 0. The van der Waals surface area contributed by atoms with Crippen LogP contribution in [0.1, 0.15) is 12.8 Å². The Bertz CT molecular complexity index is 594. The first-order chi connectivity index (χ1) is 9.79. The Labute approximate surface area is 144 Å². The van der Waals surface area contributed by atoms with E-state index >= 15 is 0 Å². The Kier molecular flexibility index (Phi) is 5.96. The summed E-state index contributed by atoms with van der Waals surface area (Å²) < 4.78 is 28.0. The van der Waals surface area contributed by atoms with Crippen LogP contribution in [0.3, 0.4) is 0 Å². The molecule has 1 fully saturated rings.